The highest BCUT2D eigenvalue weighted by molar-refractivity contribution is 14.0. The Bertz CT molecular complexity index is 726. The van der Waals surface area contributed by atoms with Crippen molar-refractivity contribution in [1.29, 1.82) is 0 Å². The molecule has 0 unspecified atom stereocenters. The van der Waals surface area contributed by atoms with Crippen molar-refractivity contribution in [1.82, 2.24) is 10.6 Å². The van der Waals surface area contributed by atoms with E-state index in [1.807, 2.05) is 30.3 Å². The molecule has 5 nitrogen and oxygen atoms in total. The van der Waals surface area contributed by atoms with Gasteiger partial charge in [0.25, 0.3) is 0 Å². The molecule has 0 radical (unpaired) electrons. The molecule has 3 N–H and O–H groups in total. The number of guanidine groups is 1. The number of nitrogens with one attached hydrogen (secondary N) is 2. The number of ether oxygens (including phenoxy) is 1. The molecule has 0 bridgehead atoms. The van der Waals surface area contributed by atoms with Gasteiger partial charge >= 0.3 is 0 Å². The number of aromatic hydroxyl groups is 1. The van der Waals surface area contributed by atoms with Crippen LogP contribution in [0, 0.1) is 0 Å². The molecule has 0 amide bonds. The Morgan fingerprint density at radius 1 is 1.12 bits per heavy atom. The summed E-state index contributed by atoms with van der Waals surface area (Å²) in [5, 5.41) is 17.2. The lowest BCUT2D eigenvalue weighted by Gasteiger charge is -2.13. The first kappa shape index (κ1) is 22.4. The van der Waals surface area contributed by atoms with Gasteiger partial charge in [-0.05, 0) is 42.2 Å². The summed E-state index contributed by atoms with van der Waals surface area (Å²) >= 11 is 5.99. The van der Waals surface area contributed by atoms with Crippen molar-refractivity contribution >= 4 is 41.5 Å². The minimum Gasteiger partial charge on any atom is -0.508 e. The van der Waals surface area contributed by atoms with Crippen molar-refractivity contribution in [2.75, 3.05) is 27.2 Å². The molecule has 0 aromatic heterocycles. The number of hydrogen-bond acceptors (Lipinski definition) is 3. The quantitative estimate of drug-likeness (QED) is 0.316. The predicted octanol–water partition coefficient (Wildman–Crippen LogP) is 3.62. The zero-order valence-corrected chi connectivity index (χ0v) is 18.0. The average Bonchev–Trinajstić information content (AvgIpc) is 2.61. The first-order chi connectivity index (χ1) is 12.1. The van der Waals surface area contributed by atoms with Gasteiger partial charge in [-0.3, -0.25) is 4.99 Å². The SMILES string of the molecule is CN=C(NCCc1cccc(Cl)c1)NCCc1ccc(OC)cc1O.I. The maximum absolute atomic E-state index is 9.97. The van der Waals surface area contributed by atoms with Crippen LogP contribution < -0.4 is 15.4 Å². The number of rotatable bonds is 7. The highest BCUT2D eigenvalue weighted by Crippen LogP contribution is 2.23. The van der Waals surface area contributed by atoms with Crippen molar-refractivity contribution in [3.05, 3.63) is 58.6 Å². The Balaban J connectivity index is 0.00000338. The molecule has 26 heavy (non-hydrogen) atoms. The van der Waals surface area contributed by atoms with Gasteiger partial charge in [0.1, 0.15) is 11.5 Å². The fourth-order valence-electron chi connectivity index (χ4n) is 2.44. The smallest absolute Gasteiger partial charge is 0.190 e. The third-order valence-corrected chi connectivity index (χ3v) is 4.03. The molecule has 7 heteroatoms. The van der Waals surface area contributed by atoms with Crippen LogP contribution >= 0.6 is 35.6 Å². The topological polar surface area (TPSA) is 65.9 Å². The van der Waals surface area contributed by atoms with Crippen LogP contribution in [0.25, 0.3) is 0 Å². The Morgan fingerprint density at radius 3 is 2.46 bits per heavy atom. The molecule has 142 valence electrons. The minimum atomic E-state index is 0. The lowest BCUT2D eigenvalue weighted by atomic mass is 10.1. The van der Waals surface area contributed by atoms with E-state index in [-0.39, 0.29) is 29.7 Å². The molecule has 0 atom stereocenters. The van der Waals surface area contributed by atoms with Gasteiger partial charge in [0.2, 0.25) is 0 Å². The molecule has 0 fully saturated rings. The predicted molar refractivity (Wildman–Crippen MR) is 118 cm³/mol. The molecule has 0 aliphatic heterocycles. The summed E-state index contributed by atoms with van der Waals surface area (Å²) in [4.78, 5) is 4.20. The minimum absolute atomic E-state index is 0. The summed E-state index contributed by atoms with van der Waals surface area (Å²) in [5.74, 6) is 1.62. The van der Waals surface area contributed by atoms with E-state index in [1.54, 1.807) is 20.2 Å². The van der Waals surface area contributed by atoms with E-state index < -0.39 is 0 Å². The summed E-state index contributed by atoms with van der Waals surface area (Å²) in [5.41, 5.74) is 2.04. The van der Waals surface area contributed by atoms with Crippen molar-refractivity contribution in [2.24, 2.45) is 4.99 Å². The molecular weight excluding hydrogens is 465 g/mol. The summed E-state index contributed by atoms with van der Waals surface area (Å²) in [7, 11) is 3.31. The first-order valence-electron chi connectivity index (χ1n) is 8.17. The van der Waals surface area contributed by atoms with Crippen LogP contribution in [0.4, 0.5) is 0 Å². The molecule has 2 aromatic carbocycles. The third-order valence-electron chi connectivity index (χ3n) is 3.80. The summed E-state index contributed by atoms with van der Waals surface area (Å²) in [6.45, 7) is 1.42. The van der Waals surface area contributed by atoms with Gasteiger partial charge in [0.15, 0.2) is 5.96 Å². The summed E-state index contributed by atoms with van der Waals surface area (Å²) in [6.07, 6.45) is 1.55. The molecule has 0 spiro atoms. The number of halogens is 2. The molecule has 0 heterocycles. The Hall–Kier alpha value is -1.67. The second-order valence-electron chi connectivity index (χ2n) is 5.55. The molecule has 0 aliphatic rings. The van der Waals surface area contributed by atoms with Gasteiger partial charge < -0.3 is 20.5 Å². The second-order valence-corrected chi connectivity index (χ2v) is 5.99. The number of hydrogen-bond donors (Lipinski definition) is 3. The number of nitrogens with zero attached hydrogens (tertiary/aromatic N) is 1. The molecule has 2 aromatic rings. The van der Waals surface area contributed by atoms with Crippen LogP contribution in [0.15, 0.2) is 47.5 Å². The van der Waals surface area contributed by atoms with E-state index in [2.05, 4.69) is 21.7 Å². The maximum atomic E-state index is 9.97. The number of benzene rings is 2. The standard InChI is InChI=1S/C19H24ClN3O2.HI/c1-21-19(22-10-8-14-4-3-5-16(20)12-14)23-11-9-15-6-7-17(25-2)13-18(15)24;/h3-7,12-13,24H,8-11H2,1-2H3,(H2,21,22,23);1H. The first-order valence-corrected chi connectivity index (χ1v) is 8.55. The van der Waals surface area contributed by atoms with Gasteiger partial charge in [-0.1, -0.05) is 29.8 Å². The monoisotopic (exact) mass is 489 g/mol. The average molecular weight is 490 g/mol. The molecule has 0 saturated heterocycles. The number of phenolic OH excluding ortho intramolecular Hbond substituents is 1. The zero-order valence-electron chi connectivity index (χ0n) is 15.0. The van der Waals surface area contributed by atoms with Crippen molar-refractivity contribution in [2.45, 2.75) is 12.8 Å². The molecule has 0 aliphatic carbocycles. The van der Waals surface area contributed by atoms with Crippen LogP contribution in [-0.4, -0.2) is 38.3 Å². The van der Waals surface area contributed by atoms with E-state index in [4.69, 9.17) is 16.3 Å². The fourth-order valence-corrected chi connectivity index (χ4v) is 2.65. The van der Waals surface area contributed by atoms with Crippen molar-refractivity contribution in [3.63, 3.8) is 0 Å². The van der Waals surface area contributed by atoms with E-state index in [9.17, 15) is 5.11 Å². The second kappa shape index (κ2) is 11.9. The Morgan fingerprint density at radius 2 is 1.85 bits per heavy atom. The number of phenols is 1. The molecular formula is C19H25ClIN3O2. The fraction of sp³-hybridized carbons (Fsp3) is 0.316. The number of aliphatic imine (C=N–C) groups is 1. The van der Waals surface area contributed by atoms with Gasteiger partial charge in [-0.25, -0.2) is 0 Å². The van der Waals surface area contributed by atoms with Crippen LogP contribution in [0.1, 0.15) is 11.1 Å². The van der Waals surface area contributed by atoms with E-state index in [0.717, 1.165) is 29.5 Å². The van der Waals surface area contributed by atoms with Gasteiger partial charge in [-0.15, -0.1) is 24.0 Å². The van der Waals surface area contributed by atoms with Crippen LogP contribution in [0.5, 0.6) is 11.5 Å². The van der Waals surface area contributed by atoms with Gasteiger partial charge in [0, 0.05) is 31.2 Å². The highest BCUT2D eigenvalue weighted by atomic mass is 127. The van der Waals surface area contributed by atoms with E-state index in [1.165, 1.54) is 5.56 Å². The Labute approximate surface area is 176 Å². The lowest BCUT2D eigenvalue weighted by Crippen LogP contribution is -2.39. The Kier molecular flexibility index (Phi) is 10.2. The van der Waals surface area contributed by atoms with E-state index >= 15 is 0 Å². The normalized spacial score (nSPS) is 10.8. The highest BCUT2D eigenvalue weighted by Gasteiger charge is 2.04. The molecule has 2 rings (SSSR count). The zero-order chi connectivity index (χ0) is 18.1. The largest absolute Gasteiger partial charge is 0.508 e. The maximum Gasteiger partial charge on any atom is 0.190 e. The van der Waals surface area contributed by atoms with Crippen molar-refractivity contribution < 1.29 is 9.84 Å². The van der Waals surface area contributed by atoms with Gasteiger partial charge in [0.05, 0.1) is 7.11 Å². The summed E-state index contributed by atoms with van der Waals surface area (Å²) < 4.78 is 5.09. The van der Waals surface area contributed by atoms with Crippen LogP contribution in [-0.2, 0) is 12.8 Å². The molecule has 0 saturated carbocycles. The lowest BCUT2D eigenvalue weighted by molar-refractivity contribution is 0.406. The van der Waals surface area contributed by atoms with Crippen LogP contribution in [0.2, 0.25) is 5.02 Å². The van der Waals surface area contributed by atoms with Crippen molar-refractivity contribution in [3.8, 4) is 11.5 Å². The third kappa shape index (κ3) is 7.29. The number of methoxy groups -OCH3 is 1. The van der Waals surface area contributed by atoms with Crippen LogP contribution in [0.3, 0.4) is 0 Å². The van der Waals surface area contributed by atoms with E-state index in [0.29, 0.717) is 18.7 Å². The van der Waals surface area contributed by atoms with Gasteiger partial charge in [-0.2, -0.15) is 0 Å². The summed E-state index contributed by atoms with van der Waals surface area (Å²) in [6, 6.07) is 13.2.